The Balaban J connectivity index is 2.36. The molecule has 0 aliphatic carbocycles. The van der Waals surface area contributed by atoms with Gasteiger partial charge < -0.3 is 9.52 Å². The summed E-state index contributed by atoms with van der Waals surface area (Å²) in [7, 11) is 0. The molecule has 0 aliphatic heterocycles. The minimum absolute atomic E-state index is 0.376. The Morgan fingerprint density at radius 2 is 2.13 bits per heavy atom. The molecule has 0 spiro atoms. The zero-order valence-electron chi connectivity index (χ0n) is 7.65. The molecule has 2 aromatic rings. The smallest absolute Gasteiger partial charge is 0.150 e. The van der Waals surface area contributed by atoms with Crippen molar-refractivity contribution >= 4 is 15.9 Å². The van der Waals surface area contributed by atoms with E-state index in [9.17, 15) is 9.50 Å². The van der Waals surface area contributed by atoms with Crippen LogP contribution >= 0.6 is 15.9 Å². The number of hydrogen-bond donors (Lipinski definition) is 1. The van der Waals surface area contributed by atoms with E-state index in [4.69, 9.17) is 4.42 Å². The first-order chi connectivity index (χ1) is 7.18. The summed E-state index contributed by atoms with van der Waals surface area (Å²) in [6.07, 6.45) is 0.507. The van der Waals surface area contributed by atoms with Crippen molar-refractivity contribution in [2.24, 2.45) is 0 Å². The highest BCUT2D eigenvalue weighted by Crippen LogP contribution is 2.29. The van der Waals surface area contributed by atoms with Gasteiger partial charge in [-0.1, -0.05) is 12.1 Å². The first kappa shape index (κ1) is 10.4. The van der Waals surface area contributed by atoms with Crippen LogP contribution in [0.5, 0.6) is 0 Å². The summed E-state index contributed by atoms with van der Waals surface area (Å²) < 4.78 is 18.7. The van der Waals surface area contributed by atoms with Crippen LogP contribution in [0.1, 0.15) is 17.4 Å². The van der Waals surface area contributed by atoms with Gasteiger partial charge in [0, 0.05) is 0 Å². The van der Waals surface area contributed by atoms with E-state index in [0.717, 1.165) is 0 Å². The quantitative estimate of drug-likeness (QED) is 0.909. The Kier molecular flexibility index (Phi) is 2.88. The highest BCUT2D eigenvalue weighted by atomic mass is 79.9. The second kappa shape index (κ2) is 4.16. The monoisotopic (exact) mass is 270 g/mol. The fourth-order valence-electron chi connectivity index (χ4n) is 1.33. The third-order valence-electron chi connectivity index (χ3n) is 2.06. The third-order valence-corrected chi connectivity index (χ3v) is 2.71. The molecule has 4 heteroatoms. The van der Waals surface area contributed by atoms with E-state index in [1.807, 2.05) is 0 Å². The Morgan fingerprint density at radius 3 is 2.73 bits per heavy atom. The number of furan rings is 1. The van der Waals surface area contributed by atoms with Crippen LogP contribution in [0.3, 0.4) is 0 Å². The molecule has 1 atom stereocenters. The summed E-state index contributed by atoms with van der Waals surface area (Å²) in [4.78, 5) is 0. The van der Waals surface area contributed by atoms with E-state index < -0.39 is 6.10 Å². The van der Waals surface area contributed by atoms with Gasteiger partial charge in [0.15, 0.2) is 5.76 Å². The lowest BCUT2D eigenvalue weighted by atomic mass is 10.1. The Labute approximate surface area is 94.5 Å². The predicted octanol–water partition coefficient (Wildman–Crippen LogP) is 3.26. The topological polar surface area (TPSA) is 33.4 Å². The average molecular weight is 271 g/mol. The SMILES string of the molecule is OC(c1cccc(F)c1)c1occc1Br. The number of hydrogen-bond acceptors (Lipinski definition) is 2. The van der Waals surface area contributed by atoms with E-state index in [1.165, 1.54) is 18.4 Å². The molecule has 0 fully saturated rings. The van der Waals surface area contributed by atoms with Gasteiger partial charge in [0.05, 0.1) is 10.7 Å². The zero-order chi connectivity index (χ0) is 10.8. The molecule has 1 aromatic carbocycles. The molecule has 1 aromatic heterocycles. The van der Waals surface area contributed by atoms with Crippen LogP contribution in [-0.2, 0) is 0 Å². The summed E-state index contributed by atoms with van der Waals surface area (Å²) in [6, 6.07) is 7.47. The van der Waals surface area contributed by atoms with Crippen molar-refractivity contribution in [3.63, 3.8) is 0 Å². The predicted molar refractivity (Wildman–Crippen MR) is 56.9 cm³/mol. The van der Waals surface area contributed by atoms with Crippen LogP contribution in [0.15, 0.2) is 45.5 Å². The number of aliphatic hydroxyl groups excluding tert-OH is 1. The van der Waals surface area contributed by atoms with Crippen molar-refractivity contribution in [3.8, 4) is 0 Å². The molecule has 2 nitrogen and oxygen atoms in total. The van der Waals surface area contributed by atoms with Crippen molar-refractivity contribution < 1.29 is 13.9 Å². The molecular weight excluding hydrogens is 263 g/mol. The van der Waals surface area contributed by atoms with Gasteiger partial charge in [-0.3, -0.25) is 0 Å². The van der Waals surface area contributed by atoms with E-state index in [1.54, 1.807) is 18.2 Å². The van der Waals surface area contributed by atoms with Crippen LogP contribution in [0.2, 0.25) is 0 Å². The summed E-state index contributed by atoms with van der Waals surface area (Å²) >= 11 is 3.24. The highest BCUT2D eigenvalue weighted by Gasteiger charge is 2.17. The van der Waals surface area contributed by atoms with Gasteiger partial charge in [-0.25, -0.2) is 4.39 Å². The van der Waals surface area contributed by atoms with E-state index >= 15 is 0 Å². The van der Waals surface area contributed by atoms with E-state index in [-0.39, 0.29) is 5.82 Å². The second-order valence-corrected chi connectivity index (χ2v) is 3.94. The first-order valence-corrected chi connectivity index (χ1v) is 5.14. The molecule has 0 saturated heterocycles. The fourth-order valence-corrected chi connectivity index (χ4v) is 1.75. The molecule has 2 rings (SSSR count). The highest BCUT2D eigenvalue weighted by molar-refractivity contribution is 9.10. The molecule has 1 N–H and O–H groups in total. The third kappa shape index (κ3) is 2.11. The number of benzene rings is 1. The number of aliphatic hydroxyl groups is 1. The first-order valence-electron chi connectivity index (χ1n) is 4.35. The molecule has 0 amide bonds. The minimum Gasteiger partial charge on any atom is -0.465 e. The van der Waals surface area contributed by atoms with Gasteiger partial charge in [-0.05, 0) is 39.7 Å². The summed E-state index contributed by atoms with van der Waals surface area (Å²) in [6.45, 7) is 0. The lowest BCUT2D eigenvalue weighted by Gasteiger charge is -2.08. The number of rotatable bonds is 2. The Morgan fingerprint density at radius 1 is 1.33 bits per heavy atom. The lowest BCUT2D eigenvalue weighted by Crippen LogP contribution is -1.99. The van der Waals surface area contributed by atoms with Crippen molar-refractivity contribution in [3.05, 3.63) is 58.2 Å². The summed E-state index contributed by atoms with van der Waals surface area (Å²) in [5.74, 6) is -0.00479. The maximum atomic E-state index is 12.9. The normalized spacial score (nSPS) is 12.7. The molecule has 15 heavy (non-hydrogen) atoms. The minimum atomic E-state index is -0.954. The van der Waals surface area contributed by atoms with Crippen molar-refractivity contribution in [2.45, 2.75) is 6.10 Å². The van der Waals surface area contributed by atoms with Crippen LogP contribution < -0.4 is 0 Å². The van der Waals surface area contributed by atoms with Crippen LogP contribution in [-0.4, -0.2) is 5.11 Å². The van der Waals surface area contributed by atoms with Crippen molar-refractivity contribution in [1.29, 1.82) is 0 Å². The van der Waals surface area contributed by atoms with Gasteiger partial charge in [-0.15, -0.1) is 0 Å². The lowest BCUT2D eigenvalue weighted by molar-refractivity contribution is 0.188. The molecule has 0 bridgehead atoms. The maximum Gasteiger partial charge on any atom is 0.150 e. The van der Waals surface area contributed by atoms with Gasteiger partial charge >= 0.3 is 0 Å². The standard InChI is InChI=1S/C11H8BrFO2/c12-9-4-5-15-11(9)10(14)7-2-1-3-8(13)6-7/h1-6,10,14H. The molecule has 0 aliphatic rings. The Hall–Kier alpha value is -1.13. The number of halogens is 2. The Bertz CT molecular complexity index is 467. The molecule has 0 saturated carbocycles. The molecule has 1 unspecified atom stereocenters. The molecule has 1 heterocycles. The van der Waals surface area contributed by atoms with E-state index in [2.05, 4.69) is 15.9 Å². The molecule has 78 valence electrons. The average Bonchev–Trinajstić information content (AvgIpc) is 2.63. The van der Waals surface area contributed by atoms with Gasteiger partial charge in [0.1, 0.15) is 11.9 Å². The van der Waals surface area contributed by atoms with Gasteiger partial charge in [0.2, 0.25) is 0 Å². The molecular formula is C11H8BrFO2. The molecule has 0 radical (unpaired) electrons. The van der Waals surface area contributed by atoms with Crippen LogP contribution in [0, 0.1) is 5.82 Å². The second-order valence-electron chi connectivity index (χ2n) is 3.09. The van der Waals surface area contributed by atoms with Gasteiger partial charge in [0.25, 0.3) is 0 Å². The maximum absolute atomic E-state index is 12.9. The van der Waals surface area contributed by atoms with E-state index in [0.29, 0.717) is 15.8 Å². The van der Waals surface area contributed by atoms with Crippen LogP contribution in [0.4, 0.5) is 4.39 Å². The largest absolute Gasteiger partial charge is 0.465 e. The summed E-state index contributed by atoms with van der Waals surface area (Å²) in [5.41, 5.74) is 0.464. The summed E-state index contributed by atoms with van der Waals surface area (Å²) in [5, 5.41) is 9.90. The van der Waals surface area contributed by atoms with Crippen LogP contribution in [0.25, 0.3) is 0 Å². The van der Waals surface area contributed by atoms with Gasteiger partial charge in [-0.2, -0.15) is 0 Å². The van der Waals surface area contributed by atoms with Crippen molar-refractivity contribution in [1.82, 2.24) is 0 Å². The van der Waals surface area contributed by atoms with Crippen molar-refractivity contribution in [2.75, 3.05) is 0 Å². The zero-order valence-corrected chi connectivity index (χ0v) is 9.24. The fraction of sp³-hybridized carbons (Fsp3) is 0.0909.